The van der Waals surface area contributed by atoms with Gasteiger partial charge >= 0.3 is 6.09 Å². The molecule has 0 spiro atoms. The zero-order valence-corrected chi connectivity index (χ0v) is 22.9. The quantitative estimate of drug-likeness (QED) is 0.310. The van der Waals surface area contributed by atoms with Crippen LogP contribution in [0.3, 0.4) is 0 Å². The second-order valence-corrected chi connectivity index (χ2v) is 10.1. The molecule has 3 aromatic rings. The van der Waals surface area contributed by atoms with Gasteiger partial charge in [0.05, 0.1) is 0 Å². The number of ether oxygens (including phenoxy) is 1. The number of benzene rings is 3. The van der Waals surface area contributed by atoms with Crippen LogP contribution in [0.25, 0.3) is 0 Å². The molecule has 2 N–H and O–H groups in total. The van der Waals surface area contributed by atoms with E-state index in [0.29, 0.717) is 11.1 Å². The Morgan fingerprint density at radius 3 is 2.02 bits per heavy atom. The fraction of sp³-hybridized carbons (Fsp3) is 0.242. The van der Waals surface area contributed by atoms with Crippen LogP contribution in [0.1, 0.15) is 49.1 Å². The van der Waals surface area contributed by atoms with Crippen molar-refractivity contribution in [3.63, 3.8) is 0 Å². The van der Waals surface area contributed by atoms with Crippen molar-refractivity contribution in [3.05, 3.63) is 107 Å². The molecule has 0 aliphatic heterocycles. The summed E-state index contributed by atoms with van der Waals surface area (Å²) in [5.74, 6) is 1.39. The number of amides is 3. The van der Waals surface area contributed by atoms with Crippen molar-refractivity contribution >= 4 is 17.9 Å². The summed E-state index contributed by atoms with van der Waals surface area (Å²) in [6.07, 6.45) is 11.0. The van der Waals surface area contributed by atoms with Gasteiger partial charge in [-0.1, -0.05) is 91.2 Å². The second kappa shape index (κ2) is 13.7. The van der Waals surface area contributed by atoms with E-state index in [2.05, 4.69) is 22.6 Å². The van der Waals surface area contributed by atoms with Crippen LogP contribution in [-0.4, -0.2) is 34.5 Å². The largest absolute Gasteiger partial charge is 0.444 e. The van der Waals surface area contributed by atoms with E-state index in [1.54, 1.807) is 45.0 Å². The Morgan fingerprint density at radius 2 is 1.45 bits per heavy atom. The highest BCUT2D eigenvalue weighted by Gasteiger charge is 2.36. The van der Waals surface area contributed by atoms with E-state index in [1.165, 1.54) is 0 Å². The van der Waals surface area contributed by atoms with Crippen molar-refractivity contribution in [1.82, 2.24) is 15.5 Å². The van der Waals surface area contributed by atoms with Gasteiger partial charge in [-0.15, -0.1) is 6.42 Å². The van der Waals surface area contributed by atoms with Crippen molar-refractivity contribution in [1.29, 1.82) is 0 Å². The van der Waals surface area contributed by atoms with Crippen molar-refractivity contribution in [2.45, 2.75) is 51.4 Å². The van der Waals surface area contributed by atoms with Gasteiger partial charge in [-0.25, -0.2) is 4.79 Å². The number of carbonyl (C=O) groups excluding carboxylic acids is 3. The average molecular weight is 536 g/mol. The van der Waals surface area contributed by atoms with Crippen LogP contribution in [0.4, 0.5) is 4.79 Å². The summed E-state index contributed by atoms with van der Waals surface area (Å²) in [6, 6.07) is 25.3. The first-order valence-electron chi connectivity index (χ1n) is 12.8. The van der Waals surface area contributed by atoms with E-state index in [9.17, 15) is 14.4 Å². The van der Waals surface area contributed by atoms with E-state index in [-0.39, 0.29) is 13.0 Å². The molecule has 3 amide bonds. The molecule has 0 saturated heterocycles. The molecule has 2 unspecified atom stereocenters. The van der Waals surface area contributed by atoms with Crippen molar-refractivity contribution in [3.8, 4) is 24.8 Å². The molecule has 0 fully saturated rings. The Hall–Kier alpha value is -5.01. The Bertz CT molecular complexity index is 1400. The van der Waals surface area contributed by atoms with E-state index in [0.717, 1.165) is 16.0 Å². The number of carbonyl (C=O) groups is 3. The van der Waals surface area contributed by atoms with Gasteiger partial charge in [0.2, 0.25) is 5.91 Å². The van der Waals surface area contributed by atoms with Gasteiger partial charge in [-0.2, -0.15) is 0 Å². The highest BCUT2D eigenvalue weighted by Crippen LogP contribution is 2.26. The number of alkyl carbamates (subject to hydrolysis) is 1. The smallest absolute Gasteiger partial charge is 0.408 e. The minimum atomic E-state index is -1.26. The molecule has 0 saturated carbocycles. The topological polar surface area (TPSA) is 87.7 Å². The van der Waals surface area contributed by atoms with Crippen LogP contribution in [0.15, 0.2) is 84.9 Å². The molecule has 0 aromatic heterocycles. The maximum atomic E-state index is 14.1. The van der Waals surface area contributed by atoms with Crippen LogP contribution in [-0.2, 0) is 27.3 Å². The number of rotatable bonds is 9. The zero-order valence-electron chi connectivity index (χ0n) is 22.9. The lowest BCUT2D eigenvalue weighted by atomic mass is 9.97. The molecule has 7 heteroatoms. The molecule has 0 bridgehead atoms. The Labute approximate surface area is 235 Å². The Kier molecular flexibility index (Phi) is 10.1. The number of nitrogens with zero attached hydrogens (tertiary/aromatic N) is 1. The first kappa shape index (κ1) is 29.5. The van der Waals surface area contributed by atoms with Gasteiger partial charge in [0.1, 0.15) is 17.7 Å². The van der Waals surface area contributed by atoms with Crippen molar-refractivity contribution in [2.75, 3.05) is 0 Å². The van der Waals surface area contributed by atoms with Crippen LogP contribution >= 0.6 is 0 Å². The van der Waals surface area contributed by atoms with Gasteiger partial charge in [0, 0.05) is 30.1 Å². The lowest BCUT2D eigenvalue weighted by Gasteiger charge is -2.31. The number of hydrogen-bond donors (Lipinski definition) is 2. The van der Waals surface area contributed by atoms with Crippen LogP contribution in [0, 0.1) is 24.8 Å². The first-order valence-corrected chi connectivity index (χ1v) is 12.8. The van der Waals surface area contributed by atoms with Crippen LogP contribution < -0.4 is 10.6 Å². The van der Waals surface area contributed by atoms with Gasteiger partial charge < -0.3 is 15.4 Å². The lowest BCUT2D eigenvalue weighted by Crippen LogP contribution is -2.52. The molecule has 40 heavy (non-hydrogen) atoms. The van der Waals surface area contributed by atoms with Gasteiger partial charge in [-0.05, 0) is 38.0 Å². The molecular weight excluding hydrogens is 502 g/mol. The first-order chi connectivity index (χ1) is 19.1. The fourth-order valence-electron chi connectivity index (χ4n) is 4.08. The molecule has 0 heterocycles. The predicted octanol–water partition coefficient (Wildman–Crippen LogP) is 4.58. The fourth-order valence-corrected chi connectivity index (χ4v) is 4.08. The third-order valence-electron chi connectivity index (χ3n) is 5.88. The third-order valence-corrected chi connectivity index (χ3v) is 5.88. The standard InChI is InChI=1S/C33H33N3O4/c1-6-26-20-14-15-21-27(26)29(30(37)34-23-25-18-12-9-13-19-25)36(7-2)31(38)28(22-24-16-10-8-11-17-24)35-32(39)40-33(3,4)5/h1-2,8-21,28-29H,22-23H2,3-5H3,(H,34,37)(H,35,39). The Morgan fingerprint density at radius 1 is 0.875 bits per heavy atom. The highest BCUT2D eigenvalue weighted by molar-refractivity contribution is 5.93. The van der Waals surface area contributed by atoms with E-state index in [4.69, 9.17) is 17.6 Å². The van der Waals surface area contributed by atoms with Crippen molar-refractivity contribution in [2.24, 2.45) is 0 Å². The summed E-state index contributed by atoms with van der Waals surface area (Å²) >= 11 is 0. The second-order valence-electron chi connectivity index (χ2n) is 10.1. The number of nitrogens with one attached hydrogen (secondary N) is 2. The summed E-state index contributed by atoms with van der Waals surface area (Å²) in [5, 5.41) is 5.52. The third kappa shape index (κ3) is 8.24. The summed E-state index contributed by atoms with van der Waals surface area (Å²) in [6.45, 7) is 5.37. The minimum absolute atomic E-state index is 0.117. The van der Waals surface area contributed by atoms with Gasteiger partial charge in [0.25, 0.3) is 5.91 Å². The predicted molar refractivity (Wildman–Crippen MR) is 154 cm³/mol. The molecule has 0 radical (unpaired) electrons. The summed E-state index contributed by atoms with van der Waals surface area (Å²) in [7, 11) is 0. The van der Waals surface area contributed by atoms with E-state index >= 15 is 0 Å². The maximum Gasteiger partial charge on any atom is 0.408 e. The summed E-state index contributed by atoms with van der Waals surface area (Å²) in [4.78, 5) is 41.5. The van der Waals surface area contributed by atoms with Gasteiger partial charge in [0.15, 0.2) is 0 Å². The molecule has 3 aromatic carbocycles. The molecule has 0 aliphatic rings. The van der Waals surface area contributed by atoms with Gasteiger partial charge in [-0.3, -0.25) is 14.5 Å². The lowest BCUT2D eigenvalue weighted by molar-refractivity contribution is -0.138. The maximum absolute atomic E-state index is 14.1. The molecule has 0 aliphatic carbocycles. The van der Waals surface area contributed by atoms with Crippen molar-refractivity contribution < 1.29 is 19.1 Å². The van der Waals surface area contributed by atoms with E-state index < -0.39 is 35.6 Å². The normalized spacial score (nSPS) is 12.1. The molecular formula is C33H33N3O4. The highest BCUT2D eigenvalue weighted by atomic mass is 16.6. The number of terminal acetylenes is 2. The summed E-state index contributed by atoms with van der Waals surface area (Å²) in [5.41, 5.74) is 1.66. The van der Waals surface area contributed by atoms with Crippen LogP contribution in [0.2, 0.25) is 0 Å². The van der Waals surface area contributed by atoms with E-state index in [1.807, 2.05) is 60.7 Å². The minimum Gasteiger partial charge on any atom is -0.444 e. The summed E-state index contributed by atoms with van der Waals surface area (Å²) < 4.78 is 5.41. The SMILES string of the molecule is C#Cc1ccccc1C(C(=O)NCc1ccccc1)N(C#C)C(=O)C(Cc1ccccc1)NC(=O)OC(C)(C)C. The average Bonchev–Trinajstić information content (AvgIpc) is 2.94. The molecule has 204 valence electrons. The Balaban J connectivity index is 2.00. The molecule has 7 nitrogen and oxygen atoms in total. The molecule has 2 atom stereocenters. The monoisotopic (exact) mass is 535 g/mol. The molecule has 3 rings (SSSR count). The zero-order chi connectivity index (χ0) is 29.1. The number of hydrogen-bond acceptors (Lipinski definition) is 4. The van der Waals surface area contributed by atoms with Crippen LogP contribution in [0.5, 0.6) is 0 Å².